The minimum atomic E-state index is -0.197. The summed E-state index contributed by atoms with van der Waals surface area (Å²) in [5, 5.41) is 2.64. The van der Waals surface area contributed by atoms with Gasteiger partial charge in [-0.05, 0) is 63.7 Å². The molecule has 0 spiro atoms. The van der Waals surface area contributed by atoms with Crippen LogP contribution < -0.4 is 0 Å². The lowest BCUT2D eigenvalue weighted by Gasteiger charge is -2.34. The van der Waals surface area contributed by atoms with Gasteiger partial charge in [0, 0.05) is 38.3 Å². The molecule has 6 aromatic carbocycles. The molecule has 3 heteroatoms. The molecule has 0 atom stereocenters. The summed E-state index contributed by atoms with van der Waals surface area (Å²) in [6.07, 6.45) is 0. The van der Waals surface area contributed by atoms with E-state index in [4.69, 9.17) is 9.97 Å². The third kappa shape index (κ3) is 3.90. The summed E-state index contributed by atoms with van der Waals surface area (Å²) in [4.78, 5) is 10.3. The monoisotopic (exact) mass is 629 g/mol. The first-order valence-electron chi connectivity index (χ1n) is 17.2. The van der Waals surface area contributed by atoms with Gasteiger partial charge in [0.1, 0.15) is 0 Å². The van der Waals surface area contributed by atoms with Gasteiger partial charge in [-0.2, -0.15) is 0 Å². The van der Waals surface area contributed by atoms with Crippen LogP contribution in [0.25, 0.3) is 72.5 Å². The molecule has 0 unspecified atom stereocenters. The van der Waals surface area contributed by atoms with Gasteiger partial charge in [0.2, 0.25) is 0 Å². The van der Waals surface area contributed by atoms with Crippen molar-refractivity contribution < 1.29 is 0 Å². The van der Waals surface area contributed by atoms with Crippen LogP contribution in [0.5, 0.6) is 0 Å². The van der Waals surface area contributed by atoms with Crippen LogP contribution in [-0.4, -0.2) is 14.5 Å². The van der Waals surface area contributed by atoms with Crippen LogP contribution in [0.3, 0.4) is 0 Å². The highest BCUT2D eigenvalue weighted by Gasteiger charge is 2.39. The van der Waals surface area contributed by atoms with E-state index in [0.717, 1.165) is 33.9 Å². The Hall–Kier alpha value is -5.80. The standard InChI is InChI=1S/C46H35N3/c1-45(2)35-19-11-12-21-41(35)49-42-26-33-31-23-22-30(24-37(31)46(3,4)38(33)25-34(42)32-18-13-20-36(45)43(32)49)44-47-39(28-14-7-5-8-15-28)27-40(48-44)29-16-9-6-10-17-29/h5-27H,1-4H3. The fourth-order valence-corrected chi connectivity index (χ4v) is 8.62. The molecule has 3 nitrogen and oxygen atoms in total. The number of hydrogen-bond donors (Lipinski definition) is 0. The number of benzene rings is 6. The van der Waals surface area contributed by atoms with Crippen LogP contribution in [0.15, 0.2) is 140 Å². The normalized spacial score (nSPS) is 14.9. The Morgan fingerprint density at radius 2 is 1.06 bits per heavy atom. The van der Waals surface area contributed by atoms with E-state index in [2.05, 4.69) is 160 Å². The number of nitrogens with zero attached hydrogens (tertiary/aromatic N) is 3. The average molecular weight is 630 g/mol. The van der Waals surface area contributed by atoms with Crippen LogP contribution in [0, 0.1) is 0 Å². The maximum Gasteiger partial charge on any atom is 0.160 e. The molecule has 0 bridgehead atoms. The molecular formula is C46H35N3. The van der Waals surface area contributed by atoms with Crippen LogP contribution in [0.2, 0.25) is 0 Å². The molecular weight excluding hydrogens is 595 g/mol. The van der Waals surface area contributed by atoms with Gasteiger partial charge in [-0.1, -0.05) is 137 Å². The summed E-state index contributed by atoms with van der Waals surface area (Å²) in [6.45, 7) is 9.46. The minimum Gasteiger partial charge on any atom is -0.309 e. The molecule has 49 heavy (non-hydrogen) atoms. The van der Waals surface area contributed by atoms with E-state index < -0.39 is 0 Å². The second kappa shape index (κ2) is 9.87. The van der Waals surface area contributed by atoms with Gasteiger partial charge >= 0.3 is 0 Å². The van der Waals surface area contributed by atoms with Crippen molar-refractivity contribution in [3.05, 3.63) is 162 Å². The number of rotatable bonds is 3. The third-order valence-electron chi connectivity index (χ3n) is 11.2. The molecule has 0 amide bonds. The van der Waals surface area contributed by atoms with Crippen molar-refractivity contribution in [3.8, 4) is 50.7 Å². The highest BCUT2D eigenvalue weighted by molar-refractivity contribution is 6.13. The molecule has 3 heterocycles. The second-order valence-corrected chi connectivity index (χ2v) is 14.7. The van der Waals surface area contributed by atoms with Crippen molar-refractivity contribution in [2.75, 3.05) is 0 Å². The van der Waals surface area contributed by atoms with Crippen LogP contribution in [-0.2, 0) is 10.8 Å². The van der Waals surface area contributed by atoms with Crippen molar-refractivity contribution in [2.24, 2.45) is 0 Å². The van der Waals surface area contributed by atoms with Gasteiger partial charge in [-0.25, -0.2) is 9.97 Å². The maximum atomic E-state index is 5.15. The van der Waals surface area contributed by atoms with Gasteiger partial charge in [0.05, 0.1) is 28.1 Å². The first kappa shape index (κ1) is 28.2. The van der Waals surface area contributed by atoms with E-state index in [1.807, 2.05) is 12.1 Å². The number of fused-ring (bicyclic) bond motifs is 8. The van der Waals surface area contributed by atoms with Gasteiger partial charge in [0.25, 0.3) is 0 Å². The predicted molar refractivity (Wildman–Crippen MR) is 202 cm³/mol. The van der Waals surface area contributed by atoms with E-state index in [1.54, 1.807) is 0 Å². The zero-order valence-corrected chi connectivity index (χ0v) is 28.1. The molecule has 0 fully saturated rings. The van der Waals surface area contributed by atoms with E-state index >= 15 is 0 Å². The zero-order chi connectivity index (χ0) is 33.1. The van der Waals surface area contributed by atoms with Crippen molar-refractivity contribution in [3.63, 3.8) is 0 Å². The average Bonchev–Trinajstić information content (AvgIpc) is 3.58. The molecule has 0 saturated heterocycles. The summed E-state index contributed by atoms with van der Waals surface area (Å²) in [7, 11) is 0. The van der Waals surface area contributed by atoms with Gasteiger partial charge in [-0.3, -0.25) is 0 Å². The van der Waals surface area contributed by atoms with Crippen LogP contribution in [0.4, 0.5) is 0 Å². The van der Waals surface area contributed by atoms with Gasteiger partial charge < -0.3 is 4.57 Å². The number of para-hydroxylation sites is 2. The van der Waals surface area contributed by atoms with Gasteiger partial charge in [-0.15, -0.1) is 0 Å². The molecule has 0 radical (unpaired) electrons. The Morgan fingerprint density at radius 3 is 1.78 bits per heavy atom. The summed E-state index contributed by atoms with van der Waals surface area (Å²) < 4.78 is 2.52. The van der Waals surface area contributed by atoms with Crippen molar-refractivity contribution in [1.82, 2.24) is 14.5 Å². The Balaban J connectivity index is 1.18. The van der Waals surface area contributed by atoms with Crippen molar-refractivity contribution in [2.45, 2.75) is 38.5 Å². The van der Waals surface area contributed by atoms with E-state index in [1.165, 1.54) is 60.9 Å². The van der Waals surface area contributed by atoms with Crippen LogP contribution >= 0.6 is 0 Å². The Kier molecular flexibility index (Phi) is 5.69. The van der Waals surface area contributed by atoms with Crippen LogP contribution in [0.1, 0.15) is 49.9 Å². The highest BCUT2D eigenvalue weighted by atomic mass is 15.0. The lowest BCUT2D eigenvalue weighted by Crippen LogP contribution is -2.26. The summed E-state index contributed by atoms with van der Waals surface area (Å²) in [5.41, 5.74) is 16.7. The fourth-order valence-electron chi connectivity index (χ4n) is 8.62. The lowest BCUT2D eigenvalue weighted by molar-refractivity contribution is 0.630. The largest absolute Gasteiger partial charge is 0.309 e. The predicted octanol–water partition coefficient (Wildman–Crippen LogP) is 11.5. The minimum absolute atomic E-state index is 0.0776. The number of aromatic nitrogens is 3. The molecule has 234 valence electrons. The molecule has 2 aromatic heterocycles. The summed E-state index contributed by atoms with van der Waals surface area (Å²) in [6, 6.07) is 50.5. The molecule has 2 aliphatic rings. The Morgan fingerprint density at radius 1 is 0.449 bits per heavy atom. The molecule has 1 aliphatic carbocycles. The molecule has 10 rings (SSSR count). The van der Waals surface area contributed by atoms with Gasteiger partial charge in [0.15, 0.2) is 5.82 Å². The topological polar surface area (TPSA) is 30.7 Å². The smallest absolute Gasteiger partial charge is 0.160 e. The highest BCUT2D eigenvalue weighted by Crippen LogP contribution is 2.54. The zero-order valence-electron chi connectivity index (χ0n) is 28.1. The Bertz CT molecular complexity index is 2580. The van der Waals surface area contributed by atoms with Crippen molar-refractivity contribution >= 4 is 21.8 Å². The summed E-state index contributed by atoms with van der Waals surface area (Å²) >= 11 is 0. The molecule has 0 N–H and O–H groups in total. The lowest BCUT2D eigenvalue weighted by atomic mass is 9.75. The first-order chi connectivity index (χ1) is 23.8. The van der Waals surface area contributed by atoms with Crippen molar-refractivity contribution in [1.29, 1.82) is 0 Å². The van der Waals surface area contributed by atoms with E-state index in [0.29, 0.717) is 0 Å². The SMILES string of the molecule is CC1(C)c2cc(-c3nc(-c4ccccc4)cc(-c4ccccc4)n3)ccc2-c2cc3c(cc21)c1cccc2c1n3-c1ccccc1C2(C)C. The summed E-state index contributed by atoms with van der Waals surface area (Å²) in [5.74, 6) is 0.742. The Labute approximate surface area is 286 Å². The molecule has 0 saturated carbocycles. The fraction of sp³-hybridized carbons (Fsp3) is 0.130. The number of hydrogen-bond acceptors (Lipinski definition) is 2. The third-order valence-corrected chi connectivity index (χ3v) is 11.2. The quantitative estimate of drug-likeness (QED) is 0.195. The molecule has 8 aromatic rings. The van der Waals surface area contributed by atoms with E-state index in [-0.39, 0.29) is 10.8 Å². The molecule has 1 aliphatic heterocycles. The first-order valence-corrected chi connectivity index (χ1v) is 17.2. The van der Waals surface area contributed by atoms with E-state index in [9.17, 15) is 0 Å². The second-order valence-electron chi connectivity index (χ2n) is 14.7. The maximum absolute atomic E-state index is 5.15.